The van der Waals surface area contributed by atoms with Gasteiger partial charge in [0.05, 0.1) is 39.9 Å². The number of phosphoric ester groups is 1. The molecule has 0 bridgehead atoms. The molecule has 8 nitrogen and oxygen atoms in total. The zero-order chi connectivity index (χ0) is 42.8. The van der Waals surface area contributed by atoms with E-state index in [2.05, 4.69) is 79.9 Å². The van der Waals surface area contributed by atoms with Crippen molar-refractivity contribution in [2.75, 3.05) is 40.9 Å². The van der Waals surface area contributed by atoms with Gasteiger partial charge in [0.25, 0.3) is 0 Å². The topological polar surface area (TPSA) is 105 Å². The number of carbonyl (C=O) groups is 1. The zero-order valence-corrected chi connectivity index (χ0v) is 39.2. The molecule has 0 saturated carbocycles. The molecule has 0 spiro atoms. The minimum Gasteiger partial charge on any atom is -0.391 e. The first kappa shape index (κ1) is 56.2. The van der Waals surface area contributed by atoms with Crippen LogP contribution < -0.4 is 5.32 Å². The first-order valence-corrected chi connectivity index (χ1v) is 25.1. The third-order valence-corrected chi connectivity index (χ3v) is 11.3. The van der Waals surface area contributed by atoms with Crippen LogP contribution in [-0.2, 0) is 18.4 Å². The number of unbranched alkanes of at least 4 members (excludes halogenated alkanes) is 19. The van der Waals surface area contributed by atoms with Gasteiger partial charge in [0.1, 0.15) is 13.2 Å². The first-order chi connectivity index (χ1) is 28.0. The lowest BCUT2D eigenvalue weighted by Crippen LogP contribution is -2.46. The standard InChI is InChI=1S/C49H91N2O6P/c1-6-8-10-12-14-16-18-20-22-24-25-27-29-31-33-35-37-39-41-43-49(53)50-47(46-57-58(54,55)56-45-44-51(3,4)5)48(52)42-40-38-36-34-32-30-28-26-23-21-19-17-15-13-11-9-7-2/h8,10,14,16,20,22,25,27,31,33,47-48,52H,6-7,9,11-13,15,17-19,21,23-24,26,28-30,32,34-46H2,1-5H3,(H-,50,53,54,55)/p+1/b10-8-,16-14-,22-20-,27-25-,33-31-. The number of likely N-dealkylation sites (N-methyl/N-ethyl adjacent to an activating group) is 1. The molecule has 0 radical (unpaired) electrons. The number of aliphatic hydroxyl groups is 1. The van der Waals surface area contributed by atoms with E-state index < -0.39 is 20.0 Å². The Labute approximate surface area is 358 Å². The summed E-state index contributed by atoms with van der Waals surface area (Å²) in [6, 6.07) is -0.780. The molecule has 0 aliphatic rings. The summed E-state index contributed by atoms with van der Waals surface area (Å²) >= 11 is 0. The summed E-state index contributed by atoms with van der Waals surface area (Å²) in [5, 5.41) is 14.0. The summed E-state index contributed by atoms with van der Waals surface area (Å²) in [4.78, 5) is 23.2. The third kappa shape index (κ3) is 42.3. The summed E-state index contributed by atoms with van der Waals surface area (Å²) < 4.78 is 23.6. The van der Waals surface area contributed by atoms with Crippen molar-refractivity contribution >= 4 is 13.7 Å². The number of amides is 1. The number of hydrogen-bond acceptors (Lipinski definition) is 5. The Bertz CT molecular complexity index is 1130. The molecule has 3 N–H and O–H groups in total. The van der Waals surface area contributed by atoms with Crippen molar-refractivity contribution in [3.8, 4) is 0 Å². The number of aliphatic hydroxyl groups excluding tert-OH is 1. The number of nitrogens with zero attached hydrogens (tertiary/aromatic N) is 1. The van der Waals surface area contributed by atoms with Crippen molar-refractivity contribution in [3.63, 3.8) is 0 Å². The molecule has 0 rings (SSSR count). The minimum atomic E-state index is -4.33. The van der Waals surface area contributed by atoms with E-state index in [1.165, 1.54) is 89.9 Å². The second-order valence-electron chi connectivity index (χ2n) is 17.1. The van der Waals surface area contributed by atoms with Crippen LogP contribution in [0.1, 0.15) is 194 Å². The molecular weight excluding hydrogens is 744 g/mol. The van der Waals surface area contributed by atoms with Crippen LogP contribution in [0.4, 0.5) is 0 Å². The Hall–Kier alpha value is -1.80. The summed E-state index contributed by atoms with van der Waals surface area (Å²) in [5.74, 6) is -0.177. The Balaban J connectivity index is 4.41. The lowest BCUT2D eigenvalue weighted by molar-refractivity contribution is -0.870. The summed E-state index contributed by atoms with van der Waals surface area (Å²) in [6.07, 6.45) is 52.5. The van der Waals surface area contributed by atoms with Crippen molar-refractivity contribution in [2.45, 2.75) is 206 Å². The number of allylic oxidation sites excluding steroid dienone is 10. The van der Waals surface area contributed by atoms with Crippen molar-refractivity contribution in [1.29, 1.82) is 0 Å². The highest BCUT2D eigenvalue weighted by atomic mass is 31.2. The quantitative estimate of drug-likeness (QED) is 0.0245. The Kier molecular flexibility index (Phi) is 39.3. The van der Waals surface area contributed by atoms with E-state index in [-0.39, 0.29) is 19.1 Å². The van der Waals surface area contributed by atoms with Crippen LogP contribution in [0.15, 0.2) is 60.8 Å². The van der Waals surface area contributed by atoms with Crippen LogP contribution in [0.5, 0.6) is 0 Å². The molecule has 0 aromatic heterocycles. The van der Waals surface area contributed by atoms with Gasteiger partial charge in [-0.05, 0) is 57.8 Å². The molecule has 0 aromatic carbocycles. The molecule has 0 aromatic rings. The average Bonchev–Trinajstić information content (AvgIpc) is 3.17. The summed E-state index contributed by atoms with van der Waals surface area (Å²) in [5.41, 5.74) is 0. The maximum Gasteiger partial charge on any atom is 0.472 e. The molecule has 0 saturated heterocycles. The smallest absolute Gasteiger partial charge is 0.391 e. The van der Waals surface area contributed by atoms with Crippen molar-refractivity contribution in [1.82, 2.24) is 5.32 Å². The van der Waals surface area contributed by atoms with E-state index in [0.29, 0.717) is 23.9 Å². The van der Waals surface area contributed by atoms with Crippen molar-refractivity contribution < 1.29 is 32.9 Å². The van der Waals surface area contributed by atoms with Gasteiger partial charge in [-0.1, -0.05) is 190 Å². The number of phosphoric acid groups is 1. The van der Waals surface area contributed by atoms with E-state index in [1.807, 2.05) is 21.1 Å². The summed E-state index contributed by atoms with van der Waals surface area (Å²) in [6.45, 7) is 4.74. The monoisotopic (exact) mass is 836 g/mol. The highest BCUT2D eigenvalue weighted by molar-refractivity contribution is 7.47. The van der Waals surface area contributed by atoms with Crippen LogP contribution in [0.25, 0.3) is 0 Å². The maximum atomic E-state index is 12.9. The molecule has 0 heterocycles. The van der Waals surface area contributed by atoms with Crippen molar-refractivity contribution in [3.05, 3.63) is 60.8 Å². The predicted molar refractivity (Wildman–Crippen MR) is 249 cm³/mol. The van der Waals surface area contributed by atoms with Gasteiger partial charge in [0, 0.05) is 6.42 Å². The summed E-state index contributed by atoms with van der Waals surface area (Å²) in [7, 11) is 1.58. The van der Waals surface area contributed by atoms with Gasteiger partial charge in [-0.15, -0.1) is 0 Å². The molecular formula is C49H92N2O6P+. The minimum absolute atomic E-state index is 0.0652. The fourth-order valence-electron chi connectivity index (χ4n) is 6.54. The molecule has 58 heavy (non-hydrogen) atoms. The second-order valence-corrected chi connectivity index (χ2v) is 18.6. The fourth-order valence-corrected chi connectivity index (χ4v) is 7.28. The largest absolute Gasteiger partial charge is 0.472 e. The zero-order valence-electron chi connectivity index (χ0n) is 38.3. The Morgan fingerprint density at radius 3 is 1.50 bits per heavy atom. The number of nitrogens with one attached hydrogen (secondary N) is 1. The Morgan fingerprint density at radius 2 is 1.03 bits per heavy atom. The van der Waals surface area contributed by atoms with E-state index in [1.54, 1.807) is 0 Å². The normalized spacial score (nSPS) is 14.8. The molecule has 9 heteroatoms. The first-order valence-electron chi connectivity index (χ1n) is 23.7. The molecule has 0 fully saturated rings. The van der Waals surface area contributed by atoms with Crippen LogP contribution in [-0.4, -0.2) is 73.4 Å². The van der Waals surface area contributed by atoms with Gasteiger partial charge >= 0.3 is 7.82 Å². The molecule has 0 aliphatic heterocycles. The third-order valence-electron chi connectivity index (χ3n) is 10.3. The van der Waals surface area contributed by atoms with Gasteiger partial charge in [-0.2, -0.15) is 0 Å². The van der Waals surface area contributed by atoms with Crippen LogP contribution in [0.3, 0.4) is 0 Å². The predicted octanol–water partition coefficient (Wildman–Crippen LogP) is 13.4. The van der Waals surface area contributed by atoms with Gasteiger partial charge in [0.2, 0.25) is 5.91 Å². The number of rotatable bonds is 42. The van der Waals surface area contributed by atoms with E-state index in [4.69, 9.17) is 9.05 Å². The van der Waals surface area contributed by atoms with Gasteiger partial charge in [-0.25, -0.2) is 4.57 Å². The van der Waals surface area contributed by atoms with Crippen molar-refractivity contribution in [2.24, 2.45) is 0 Å². The second kappa shape index (κ2) is 40.6. The Morgan fingerprint density at radius 1 is 0.603 bits per heavy atom. The van der Waals surface area contributed by atoms with Gasteiger partial charge in [-0.3, -0.25) is 13.8 Å². The molecule has 338 valence electrons. The van der Waals surface area contributed by atoms with Gasteiger partial charge < -0.3 is 19.8 Å². The molecule has 0 aliphatic carbocycles. The number of quaternary nitrogens is 1. The number of hydrogen-bond donors (Lipinski definition) is 3. The van der Waals surface area contributed by atoms with Crippen LogP contribution in [0, 0.1) is 0 Å². The highest BCUT2D eigenvalue weighted by Gasteiger charge is 2.28. The van der Waals surface area contributed by atoms with E-state index >= 15 is 0 Å². The lowest BCUT2D eigenvalue weighted by atomic mass is 10.0. The molecule has 3 atom stereocenters. The highest BCUT2D eigenvalue weighted by Crippen LogP contribution is 2.43. The van der Waals surface area contributed by atoms with Gasteiger partial charge in [0.15, 0.2) is 0 Å². The maximum absolute atomic E-state index is 12.9. The van der Waals surface area contributed by atoms with E-state index in [9.17, 15) is 19.4 Å². The fraction of sp³-hybridized carbons (Fsp3) is 0.776. The molecule has 1 amide bonds. The number of carbonyl (C=O) groups excluding carboxylic acids is 1. The van der Waals surface area contributed by atoms with Crippen LogP contribution in [0.2, 0.25) is 0 Å². The SMILES string of the molecule is CC/C=C\C/C=C\C/C=C\C/C=C\C/C=C\CCCCCC(=O)NC(COP(=O)(O)OCC[N+](C)(C)C)C(O)CCCCCCCCCCCCCCCCCCC. The molecule has 3 unspecified atom stereocenters. The lowest BCUT2D eigenvalue weighted by Gasteiger charge is -2.26. The van der Waals surface area contributed by atoms with E-state index in [0.717, 1.165) is 77.0 Å². The average molecular weight is 836 g/mol. The van der Waals surface area contributed by atoms with Crippen LogP contribution >= 0.6 is 7.82 Å².